The van der Waals surface area contributed by atoms with E-state index in [1.165, 1.54) is 32.1 Å². The van der Waals surface area contributed by atoms with Crippen LogP contribution in [0.15, 0.2) is 24.3 Å². The highest BCUT2D eigenvalue weighted by molar-refractivity contribution is 6.17. The quantitative estimate of drug-likeness (QED) is 0.512. The van der Waals surface area contributed by atoms with Gasteiger partial charge in [0.05, 0.1) is 6.61 Å². The van der Waals surface area contributed by atoms with Crippen molar-refractivity contribution >= 4 is 7.69 Å². The Bertz CT molecular complexity index is 300. The van der Waals surface area contributed by atoms with Gasteiger partial charge in [-0.05, 0) is 30.7 Å². The number of rotatable bonds is 10. The Balaban J connectivity index is 2.08. The van der Waals surface area contributed by atoms with Crippen molar-refractivity contribution in [2.24, 2.45) is 0 Å². The fourth-order valence-electron chi connectivity index (χ4n) is 1.78. The molecule has 1 aromatic rings. The van der Waals surface area contributed by atoms with Gasteiger partial charge in [0.25, 0.3) is 0 Å². The van der Waals surface area contributed by atoms with Crippen molar-refractivity contribution in [2.75, 3.05) is 6.61 Å². The molecule has 100 valence electrons. The summed E-state index contributed by atoms with van der Waals surface area (Å²) in [7, 11) is -0.294. The molecule has 1 aromatic carbocycles. The molecule has 0 unspecified atom stereocenters. The van der Waals surface area contributed by atoms with E-state index in [-0.39, 0.29) is 7.69 Å². The molecular weight excluding hydrogens is 227 g/mol. The molecule has 0 aliphatic rings. The van der Waals surface area contributed by atoms with E-state index in [1.807, 2.05) is 12.1 Å². The minimum absolute atomic E-state index is 0.294. The first-order valence-electron chi connectivity index (χ1n) is 6.83. The summed E-state index contributed by atoms with van der Waals surface area (Å²) in [6.45, 7) is 3.00. The number of unbranched alkanes of at least 4 members (excludes halogenated alkanes) is 5. The highest BCUT2D eigenvalue weighted by Gasteiger charge is 1.96. The molecule has 0 bridgehead atoms. The zero-order valence-electron chi connectivity index (χ0n) is 11.2. The van der Waals surface area contributed by atoms with Crippen LogP contribution < -0.4 is 9.39 Å². The first kappa shape index (κ1) is 14.9. The number of ether oxygens (including phenoxy) is 1. The van der Waals surface area contributed by atoms with Gasteiger partial charge in [-0.1, -0.05) is 39.0 Å². The molecule has 3 nitrogen and oxygen atoms in total. The van der Waals surface area contributed by atoms with Gasteiger partial charge in [-0.25, -0.2) is 0 Å². The predicted molar refractivity (Wildman–Crippen MR) is 75.3 cm³/mol. The van der Waals surface area contributed by atoms with Crippen LogP contribution >= 0.6 is 0 Å². The second-order valence-corrected chi connectivity index (χ2v) is 4.36. The molecule has 0 atom stereocenters. The van der Waals surface area contributed by atoms with Crippen LogP contribution in [0, 0.1) is 0 Å². The normalized spacial score (nSPS) is 10.1. The molecule has 0 aliphatic heterocycles. The highest BCUT2D eigenvalue weighted by Crippen LogP contribution is 2.17. The summed E-state index contributed by atoms with van der Waals surface area (Å²) < 4.78 is 10.6. The van der Waals surface area contributed by atoms with Crippen molar-refractivity contribution in [3.63, 3.8) is 0 Å². The Morgan fingerprint density at radius 3 is 2.22 bits per heavy atom. The van der Waals surface area contributed by atoms with E-state index in [4.69, 9.17) is 14.4 Å². The molecule has 0 fully saturated rings. The maximum atomic E-state index is 8.60. The third kappa shape index (κ3) is 6.55. The second-order valence-electron chi connectivity index (χ2n) is 4.36. The zero-order chi connectivity index (χ0) is 13.1. The van der Waals surface area contributed by atoms with Crippen molar-refractivity contribution < 1.29 is 14.4 Å². The molecule has 0 saturated heterocycles. The van der Waals surface area contributed by atoms with Crippen molar-refractivity contribution in [1.29, 1.82) is 0 Å². The molecule has 0 aromatic heterocycles. The van der Waals surface area contributed by atoms with Gasteiger partial charge in [0.2, 0.25) is 0 Å². The summed E-state index contributed by atoms with van der Waals surface area (Å²) in [5.74, 6) is 1.51. The van der Waals surface area contributed by atoms with E-state index >= 15 is 0 Å². The van der Waals surface area contributed by atoms with Crippen molar-refractivity contribution in [1.82, 2.24) is 0 Å². The largest absolute Gasteiger partial charge is 0.539 e. The van der Waals surface area contributed by atoms with E-state index in [0.29, 0.717) is 5.75 Å². The summed E-state index contributed by atoms with van der Waals surface area (Å²) >= 11 is 0. The van der Waals surface area contributed by atoms with Gasteiger partial charge in [-0.2, -0.15) is 0 Å². The van der Waals surface area contributed by atoms with Gasteiger partial charge in [-0.3, -0.25) is 0 Å². The molecule has 4 heteroatoms. The minimum atomic E-state index is -0.294. The molecule has 0 heterocycles. The van der Waals surface area contributed by atoms with Gasteiger partial charge < -0.3 is 14.4 Å². The average molecular weight is 250 g/mol. The van der Waals surface area contributed by atoms with Gasteiger partial charge in [0, 0.05) is 0 Å². The van der Waals surface area contributed by atoms with E-state index in [0.717, 1.165) is 18.8 Å². The summed E-state index contributed by atoms with van der Waals surface area (Å²) in [4.78, 5) is 0. The number of benzene rings is 1. The van der Waals surface area contributed by atoms with Crippen LogP contribution in [-0.4, -0.2) is 19.3 Å². The van der Waals surface area contributed by atoms with Gasteiger partial charge in [0.1, 0.15) is 11.5 Å². The zero-order valence-corrected chi connectivity index (χ0v) is 11.2. The second kappa shape index (κ2) is 9.83. The summed E-state index contributed by atoms with van der Waals surface area (Å²) in [6, 6.07) is 7.32. The molecular formula is C14H23BO3. The third-order valence-corrected chi connectivity index (χ3v) is 2.82. The first-order valence-corrected chi connectivity index (χ1v) is 6.83. The van der Waals surface area contributed by atoms with Gasteiger partial charge >= 0.3 is 7.69 Å². The lowest BCUT2D eigenvalue weighted by Crippen LogP contribution is -2.00. The number of hydrogen-bond donors (Lipinski definition) is 1. The topological polar surface area (TPSA) is 38.7 Å². The van der Waals surface area contributed by atoms with Crippen LogP contribution in [-0.2, 0) is 0 Å². The monoisotopic (exact) mass is 250 g/mol. The van der Waals surface area contributed by atoms with Crippen molar-refractivity contribution in [3.8, 4) is 11.5 Å². The Morgan fingerprint density at radius 2 is 1.56 bits per heavy atom. The molecule has 0 saturated carbocycles. The van der Waals surface area contributed by atoms with Crippen molar-refractivity contribution in [3.05, 3.63) is 24.3 Å². The molecule has 18 heavy (non-hydrogen) atoms. The van der Waals surface area contributed by atoms with E-state index in [2.05, 4.69) is 6.92 Å². The van der Waals surface area contributed by atoms with Crippen LogP contribution in [0.4, 0.5) is 0 Å². The maximum Gasteiger partial charge on any atom is 0.504 e. The molecule has 1 rings (SSSR count). The molecule has 1 N–H and O–H groups in total. The van der Waals surface area contributed by atoms with Crippen LogP contribution in [0.3, 0.4) is 0 Å². The average Bonchev–Trinajstić information content (AvgIpc) is 2.40. The summed E-state index contributed by atoms with van der Waals surface area (Å²) in [6.07, 6.45) is 7.63. The molecule has 0 aliphatic carbocycles. The number of hydrogen-bond acceptors (Lipinski definition) is 3. The van der Waals surface area contributed by atoms with Crippen molar-refractivity contribution in [2.45, 2.75) is 45.4 Å². The maximum absolute atomic E-state index is 8.60. The smallest absolute Gasteiger partial charge is 0.504 e. The Morgan fingerprint density at radius 1 is 0.944 bits per heavy atom. The standard InChI is InChI=1S/C14H23BO3/c1-2-3-4-5-6-7-12-17-13-8-10-14(11-9-13)18-15-16/h8-11,15-16H,2-7,12H2,1H3. The lowest BCUT2D eigenvalue weighted by atomic mass is 10.1. The van der Waals surface area contributed by atoms with Gasteiger partial charge in [-0.15, -0.1) is 0 Å². The molecule has 0 radical (unpaired) electrons. The van der Waals surface area contributed by atoms with Crippen LogP contribution in [0.25, 0.3) is 0 Å². The first-order chi connectivity index (χ1) is 8.86. The van der Waals surface area contributed by atoms with Crippen LogP contribution in [0.5, 0.6) is 11.5 Å². The molecule has 0 spiro atoms. The minimum Gasteiger partial charge on any atom is -0.539 e. The SMILES string of the molecule is CCCCCCCCOc1ccc(OBO)cc1. The fourth-order valence-corrected chi connectivity index (χ4v) is 1.78. The summed E-state index contributed by atoms with van der Waals surface area (Å²) in [5, 5.41) is 8.60. The van der Waals surface area contributed by atoms with Crippen LogP contribution in [0.1, 0.15) is 45.4 Å². The Hall–Kier alpha value is -1.16. The van der Waals surface area contributed by atoms with Gasteiger partial charge in [0.15, 0.2) is 0 Å². The summed E-state index contributed by atoms with van der Waals surface area (Å²) in [5.41, 5.74) is 0. The lowest BCUT2D eigenvalue weighted by Gasteiger charge is -2.07. The Kier molecular flexibility index (Phi) is 8.14. The van der Waals surface area contributed by atoms with Crippen LogP contribution in [0.2, 0.25) is 0 Å². The van der Waals surface area contributed by atoms with E-state index in [1.54, 1.807) is 12.1 Å². The van der Waals surface area contributed by atoms with E-state index in [9.17, 15) is 0 Å². The predicted octanol–water partition coefficient (Wildman–Crippen LogP) is 3.06. The fraction of sp³-hybridized carbons (Fsp3) is 0.571. The Labute approximate surface area is 110 Å². The lowest BCUT2D eigenvalue weighted by molar-refractivity contribution is 0.304. The molecule has 0 amide bonds. The highest BCUT2D eigenvalue weighted by atomic mass is 16.5. The third-order valence-electron chi connectivity index (χ3n) is 2.82. The van der Waals surface area contributed by atoms with E-state index < -0.39 is 0 Å².